The summed E-state index contributed by atoms with van der Waals surface area (Å²) in [5, 5.41) is 8.86. The summed E-state index contributed by atoms with van der Waals surface area (Å²) in [7, 11) is 1.16. The summed E-state index contributed by atoms with van der Waals surface area (Å²) < 4.78 is 36.6. The molecule has 0 radical (unpaired) electrons. The highest BCUT2D eigenvalue weighted by Gasteiger charge is 2.30. The Balaban J connectivity index is 3.10. The number of hydrogen-bond donors (Lipinski definition) is 2. The molecule has 0 atom stereocenters. The molecule has 1 rings (SSSR count). The Morgan fingerprint density at radius 1 is 1.47 bits per heavy atom. The molecule has 1 aromatic rings. The van der Waals surface area contributed by atoms with Gasteiger partial charge in [0.05, 0.1) is 11.3 Å². The number of nitrogens with two attached hydrogens (primary N) is 1. The van der Waals surface area contributed by atoms with Crippen LogP contribution < -0.4 is 10.6 Å². The van der Waals surface area contributed by atoms with Crippen LogP contribution in [0.5, 0.6) is 0 Å². The summed E-state index contributed by atoms with van der Waals surface area (Å²) in [6.45, 7) is -1.24. The van der Waals surface area contributed by atoms with E-state index in [2.05, 4.69) is 0 Å². The van der Waals surface area contributed by atoms with E-state index in [4.69, 9.17) is 10.8 Å². The Labute approximate surface area is 95.4 Å². The van der Waals surface area contributed by atoms with Crippen LogP contribution in [0, 0.1) is 0 Å². The van der Waals surface area contributed by atoms with Gasteiger partial charge in [0.15, 0.2) is 0 Å². The maximum atomic E-state index is 12.2. The highest BCUT2D eigenvalue weighted by molar-refractivity contribution is 5.95. The van der Waals surface area contributed by atoms with Crippen LogP contribution in [-0.4, -0.2) is 30.8 Å². The molecule has 0 saturated carbocycles. The predicted octanol–water partition coefficient (Wildman–Crippen LogP) is 1.97. The molecule has 0 unspecified atom stereocenters. The topological polar surface area (TPSA) is 66.6 Å². The number of nitrogen functional groups attached to an aromatic ring is 1. The van der Waals surface area contributed by atoms with E-state index in [0.717, 1.165) is 11.9 Å². The zero-order valence-electron chi connectivity index (χ0n) is 8.95. The second-order valence-electron chi connectivity index (χ2n) is 3.55. The zero-order chi connectivity index (χ0) is 13.2. The third kappa shape index (κ3) is 3.54. The number of carbonyl (C=O) groups is 1. The summed E-state index contributed by atoms with van der Waals surface area (Å²) in [4.78, 5) is 11.7. The molecule has 0 aliphatic carbocycles. The van der Waals surface area contributed by atoms with Gasteiger partial charge >= 0.3 is 12.1 Å². The fourth-order valence-corrected chi connectivity index (χ4v) is 1.40. The van der Waals surface area contributed by atoms with Crippen molar-refractivity contribution in [3.8, 4) is 0 Å². The second-order valence-corrected chi connectivity index (χ2v) is 3.55. The number of hydrogen-bond acceptors (Lipinski definition) is 3. The Hall–Kier alpha value is -1.92. The number of rotatable bonds is 3. The number of halogens is 3. The van der Waals surface area contributed by atoms with Gasteiger partial charge in [-0.15, -0.1) is 0 Å². The largest absolute Gasteiger partial charge is 0.478 e. The molecule has 0 amide bonds. The normalized spacial score (nSPS) is 11.3. The summed E-state index contributed by atoms with van der Waals surface area (Å²) in [6, 6.07) is 3.71. The zero-order valence-corrected chi connectivity index (χ0v) is 8.95. The van der Waals surface area contributed by atoms with Crippen LogP contribution >= 0.6 is 0 Å². The van der Waals surface area contributed by atoms with Gasteiger partial charge in [0.25, 0.3) is 0 Å². The fourth-order valence-electron chi connectivity index (χ4n) is 1.40. The van der Waals surface area contributed by atoms with Gasteiger partial charge in [0.2, 0.25) is 0 Å². The molecule has 0 fully saturated rings. The van der Waals surface area contributed by atoms with Crippen molar-refractivity contribution in [2.45, 2.75) is 6.18 Å². The van der Waals surface area contributed by atoms with Gasteiger partial charge in [-0.25, -0.2) is 4.79 Å². The third-order valence-corrected chi connectivity index (χ3v) is 2.08. The highest BCUT2D eigenvalue weighted by Crippen LogP contribution is 2.26. The summed E-state index contributed by atoms with van der Waals surface area (Å²) in [6.07, 6.45) is -4.41. The van der Waals surface area contributed by atoms with Gasteiger partial charge in [0.1, 0.15) is 6.54 Å². The van der Waals surface area contributed by atoms with Crippen molar-refractivity contribution < 1.29 is 23.1 Å². The maximum Gasteiger partial charge on any atom is 0.405 e. The lowest BCUT2D eigenvalue weighted by Crippen LogP contribution is -2.32. The van der Waals surface area contributed by atoms with Crippen LogP contribution in [0.25, 0.3) is 0 Å². The number of alkyl halides is 3. The van der Waals surface area contributed by atoms with Gasteiger partial charge in [-0.1, -0.05) is 0 Å². The minimum Gasteiger partial charge on any atom is -0.478 e. The SMILES string of the molecule is CN(CC(F)(F)F)c1cc(N)ccc1C(=O)O. The van der Waals surface area contributed by atoms with Crippen molar-refractivity contribution in [3.63, 3.8) is 0 Å². The molecular formula is C10H11F3N2O2. The van der Waals surface area contributed by atoms with Crippen molar-refractivity contribution in [3.05, 3.63) is 23.8 Å². The van der Waals surface area contributed by atoms with E-state index in [9.17, 15) is 18.0 Å². The molecule has 17 heavy (non-hydrogen) atoms. The van der Waals surface area contributed by atoms with E-state index in [1.807, 2.05) is 0 Å². The Morgan fingerprint density at radius 2 is 2.06 bits per heavy atom. The smallest absolute Gasteiger partial charge is 0.405 e. The fraction of sp³-hybridized carbons (Fsp3) is 0.300. The van der Waals surface area contributed by atoms with Crippen LogP contribution in [-0.2, 0) is 0 Å². The summed E-state index contributed by atoms with van der Waals surface area (Å²) in [5.41, 5.74) is 5.36. The number of carboxylic acids is 1. The molecular weight excluding hydrogens is 237 g/mol. The monoisotopic (exact) mass is 248 g/mol. The number of nitrogens with zero attached hydrogens (tertiary/aromatic N) is 1. The molecule has 4 nitrogen and oxygen atoms in total. The van der Waals surface area contributed by atoms with Crippen molar-refractivity contribution >= 4 is 17.3 Å². The van der Waals surface area contributed by atoms with Gasteiger partial charge in [-0.2, -0.15) is 13.2 Å². The lowest BCUT2D eigenvalue weighted by Gasteiger charge is -2.22. The molecule has 0 aromatic heterocycles. The van der Waals surface area contributed by atoms with E-state index < -0.39 is 18.7 Å². The van der Waals surface area contributed by atoms with E-state index in [0.29, 0.717) is 0 Å². The molecule has 0 aliphatic rings. The van der Waals surface area contributed by atoms with E-state index in [-0.39, 0.29) is 16.9 Å². The van der Waals surface area contributed by atoms with Crippen LogP contribution in [0.2, 0.25) is 0 Å². The Bertz CT molecular complexity index is 432. The predicted molar refractivity (Wildman–Crippen MR) is 57.1 cm³/mol. The summed E-state index contributed by atoms with van der Waals surface area (Å²) in [5.74, 6) is -1.30. The molecule has 0 heterocycles. The van der Waals surface area contributed by atoms with Crippen molar-refractivity contribution in [2.24, 2.45) is 0 Å². The first-order chi connectivity index (χ1) is 7.70. The molecule has 0 saturated heterocycles. The maximum absolute atomic E-state index is 12.2. The van der Waals surface area contributed by atoms with Crippen LogP contribution in [0.3, 0.4) is 0 Å². The first-order valence-electron chi connectivity index (χ1n) is 4.61. The van der Waals surface area contributed by atoms with Gasteiger partial charge in [-0.05, 0) is 18.2 Å². The first-order valence-corrected chi connectivity index (χ1v) is 4.61. The standard InChI is InChI=1S/C10H11F3N2O2/c1-15(5-10(11,12)13)8-4-6(14)2-3-7(8)9(16)17/h2-4H,5,14H2,1H3,(H,16,17). The van der Waals surface area contributed by atoms with Crippen LogP contribution in [0.4, 0.5) is 24.5 Å². The molecule has 0 spiro atoms. The Morgan fingerprint density at radius 3 is 2.53 bits per heavy atom. The molecule has 7 heteroatoms. The van der Waals surface area contributed by atoms with Crippen molar-refractivity contribution in [1.29, 1.82) is 0 Å². The molecule has 0 bridgehead atoms. The average Bonchev–Trinajstić information content (AvgIpc) is 2.14. The van der Waals surface area contributed by atoms with Crippen molar-refractivity contribution in [1.82, 2.24) is 0 Å². The van der Waals surface area contributed by atoms with E-state index in [1.165, 1.54) is 18.2 Å². The minimum absolute atomic E-state index is 0.0603. The van der Waals surface area contributed by atoms with Gasteiger partial charge < -0.3 is 15.7 Å². The van der Waals surface area contributed by atoms with E-state index >= 15 is 0 Å². The number of benzene rings is 1. The molecule has 3 N–H and O–H groups in total. The Kier molecular flexibility index (Phi) is 3.50. The lowest BCUT2D eigenvalue weighted by atomic mass is 10.1. The molecule has 1 aromatic carbocycles. The highest BCUT2D eigenvalue weighted by atomic mass is 19.4. The first kappa shape index (κ1) is 13.1. The second kappa shape index (κ2) is 4.52. The lowest BCUT2D eigenvalue weighted by molar-refractivity contribution is -0.119. The quantitative estimate of drug-likeness (QED) is 0.802. The third-order valence-electron chi connectivity index (χ3n) is 2.08. The van der Waals surface area contributed by atoms with Crippen LogP contribution in [0.15, 0.2) is 18.2 Å². The average molecular weight is 248 g/mol. The van der Waals surface area contributed by atoms with Crippen LogP contribution in [0.1, 0.15) is 10.4 Å². The number of anilines is 2. The van der Waals surface area contributed by atoms with Crippen molar-refractivity contribution in [2.75, 3.05) is 24.2 Å². The van der Waals surface area contributed by atoms with Gasteiger partial charge in [0, 0.05) is 12.7 Å². The van der Waals surface area contributed by atoms with E-state index in [1.54, 1.807) is 0 Å². The molecule has 0 aliphatic heterocycles. The van der Waals surface area contributed by atoms with Gasteiger partial charge in [-0.3, -0.25) is 0 Å². The number of aromatic carboxylic acids is 1. The minimum atomic E-state index is -4.41. The summed E-state index contributed by atoms with van der Waals surface area (Å²) >= 11 is 0. The number of carboxylic acid groups (broad SMARTS) is 1. The molecule has 94 valence electrons.